The summed E-state index contributed by atoms with van der Waals surface area (Å²) >= 11 is 0. The summed E-state index contributed by atoms with van der Waals surface area (Å²) in [5.74, 6) is 0.345. The van der Waals surface area contributed by atoms with Crippen LogP contribution in [0.25, 0.3) is 22.1 Å². The lowest BCUT2D eigenvalue weighted by Crippen LogP contribution is -2.39. The molecule has 4 aromatic rings. The molecule has 0 saturated carbocycles. The number of piperidine rings is 1. The van der Waals surface area contributed by atoms with Gasteiger partial charge in [0.15, 0.2) is 5.65 Å². The van der Waals surface area contributed by atoms with Crippen LogP contribution in [0.1, 0.15) is 31.3 Å². The van der Waals surface area contributed by atoms with Gasteiger partial charge in [0.2, 0.25) is 0 Å². The van der Waals surface area contributed by atoms with Gasteiger partial charge in [0.05, 0.1) is 22.7 Å². The molecule has 1 aliphatic rings. The van der Waals surface area contributed by atoms with E-state index in [4.69, 9.17) is 0 Å². The van der Waals surface area contributed by atoms with Gasteiger partial charge in [-0.15, -0.1) is 0 Å². The molecule has 10 heteroatoms. The second-order valence-electron chi connectivity index (χ2n) is 7.75. The van der Waals surface area contributed by atoms with E-state index in [0.29, 0.717) is 35.2 Å². The van der Waals surface area contributed by atoms with Crippen molar-refractivity contribution in [1.82, 2.24) is 23.8 Å². The van der Waals surface area contributed by atoms with Crippen LogP contribution in [0.3, 0.4) is 0 Å². The molecule has 1 fully saturated rings. The maximum atomic E-state index is 14.9. The van der Waals surface area contributed by atoms with Crippen molar-refractivity contribution in [2.24, 2.45) is 0 Å². The van der Waals surface area contributed by atoms with Crippen molar-refractivity contribution in [2.75, 3.05) is 13.1 Å². The van der Waals surface area contributed by atoms with Crippen molar-refractivity contribution >= 4 is 32.1 Å². The van der Waals surface area contributed by atoms with Gasteiger partial charge in [-0.05, 0) is 38.1 Å². The lowest BCUT2D eigenvalue weighted by Gasteiger charge is -2.30. The highest BCUT2D eigenvalue weighted by molar-refractivity contribution is 7.90. The highest BCUT2D eigenvalue weighted by atomic mass is 32.2. The molecule has 0 spiro atoms. The first-order valence-corrected chi connectivity index (χ1v) is 11.5. The second kappa shape index (κ2) is 7.40. The molecule has 8 nitrogen and oxygen atoms in total. The third-order valence-corrected chi connectivity index (χ3v) is 7.42. The number of aromatic nitrogens is 4. The Morgan fingerprint density at radius 1 is 1.26 bits per heavy atom. The number of nitrogens with zero attached hydrogens (tertiary/aromatic N) is 4. The van der Waals surface area contributed by atoms with Crippen LogP contribution in [-0.4, -0.2) is 51.3 Å². The van der Waals surface area contributed by atoms with Crippen LogP contribution in [0.4, 0.5) is 4.39 Å². The molecule has 2 unspecified atom stereocenters. The van der Waals surface area contributed by atoms with E-state index in [1.54, 1.807) is 35.8 Å². The van der Waals surface area contributed by atoms with Crippen LogP contribution in [0.2, 0.25) is 0 Å². The molecule has 0 radical (unpaired) electrons. The number of pyridine rings is 1. The maximum Gasteiger partial charge on any atom is 0.269 e. The van der Waals surface area contributed by atoms with Gasteiger partial charge in [-0.2, -0.15) is 0 Å². The largest absolute Gasteiger partial charge is 0.385 e. The zero-order chi connectivity index (χ0) is 21.8. The molecule has 3 aromatic heterocycles. The minimum atomic E-state index is -3.86. The maximum absolute atomic E-state index is 14.9. The molecule has 162 valence electrons. The first-order valence-electron chi connectivity index (χ1n) is 10.1. The predicted octanol–water partition coefficient (Wildman–Crippen LogP) is 2.55. The molecule has 5 rings (SSSR count). The number of hydrogen-bond acceptors (Lipinski definition) is 6. The summed E-state index contributed by atoms with van der Waals surface area (Å²) in [5.41, 5.74) is 1.31. The fourth-order valence-electron chi connectivity index (χ4n) is 4.29. The topological polar surface area (TPSA) is 102 Å². The minimum Gasteiger partial charge on any atom is -0.385 e. The molecule has 4 heterocycles. The number of rotatable bonds is 4. The molecular formula is C21H22FN5O3S. The van der Waals surface area contributed by atoms with Crippen molar-refractivity contribution in [3.63, 3.8) is 0 Å². The molecule has 0 aliphatic carbocycles. The number of halogens is 1. The Morgan fingerprint density at radius 2 is 2.03 bits per heavy atom. The summed E-state index contributed by atoms with van der Waals surface area (Å²) in [4.78, 5) is 9.01. The third-order valence-electron chi connectivity index (χ3n) is 5.73. The standard InChI is InChI=1S/C21H22FN5O3S/c1-13(28)20-25-17-12-24-21-15(19(17)27(20)18-7-9-23-11-16(18)22)8-10-26(21)31(29,30)14-5-3-2-4-6-14/h2-6,8,10,12-13,16,18,23,28H,7,9,11H2,1H3/t13?,16-,18?/m1/s1. The van der Waals surface area contributed by atoms with Crippen LogP contribution in [-0.2, 0) is 10.0 Å². The number of nitrogens with one attached hydrogen (secondary N) is 1. The Bertz CT molecular complexity index is 1360. The molecule has 1 aliphatic heterocycles. The van der Waals surface area contributed by atoms with E-state index >= 15 is 0 Å². The first kappa shape index (κ1) is 20.1. The number of imidazole rings is 1. The SMILES string of the molecule is CC(O)c1nc2cnc3c(ccn3S(=O)(=O)c3ccccc3)c2n1C1CCNC[C@H]1F. The van der Waals surface area contributed by atoms with E-state index in [1.165, 1.54) is 24.5 Å². The summed E-state index contributed by atoms with van der Waals surface area (Å²) in [6.45, 7) is 2.44. The van der Waals surface area contributed by atoms with Gasteiger partial charge >= 0.3 is 0 Å². The van der Waals surface area contributed by atoms with Gasteiger partial charge in [-0.1, -0.05) is 18.2 Å². The van der Waals surface area contributed by atoms with Crippen molar-refractivity contribution in [3.05, 3.63) is 54.6 Å². The molecule has 0 bridgehead atoms. The summed E-state index contributed by atoms with van der Waals surface area (Å²) in [5, 5.41) is 13.9. The number of hydrogen-bond donors (Lipinski definition) is 2. The zero-order valence-corrected chi connectivity index (χ0v) is 17.6. The lowest BCUT2D eigenvalue weighted by atomic mass is 10.0. The van der Waals surface area contributed by atoms with E-state index < -0.39 is 28.3 Å². The Kier molecular flexibility index (Phi) is 4.80. The minimum absolute atomic E-state index is 0.148. The molecule has 2 N–H and O–H groups in total. The molecule has 3 atom stereocenters. The summed E-state index contributed by atoms with van der Waals surface area (Å²) in [7, 11) is -3.86. The highest BCUT2D eigenvalue weighted by Gasteiger charge is 2.32. The number of aliphatic hydroxyl groups is 1. The van der Waals surface area contributed by atoms with Crippen LogP contribution < -0.4 is 5.32 Å². The van der Waals surface area contributed by atoms with Crippen molar-refractivity contribution in [2.45, 2.75) is 36.6 Å². The Morgan fingerprint density at radius 3 is 2.74 bits per heavy atom. The van der Waals surface area contributed by atoms with Crippen LogP contribution in [0.5, 0.6) is 0 Å². The number of fused-ring (bicyclic) bond motifs is 3. The first-order chi connectivity index (χ1) is 14.9. The Hall–Kier alpha value is -2.82. The van der Waals surface area contributed by atoms with Gasteiger partial charge in [-0.3, -0.25) is 0 Å². The van der Waals surface area contributed by atoms with Crippen LogP contribution in [0, 0.1) is 0 Å². The summed E-state index contributed by atoms with van der Waals surface area (Å²) in [6.07, 6.45) is 1.38. The second-order valence-corrected chi connectivity index (χ2v) is 9.57. The van der Waals surface area contributed by atoms with Crippen molar-refractivity contribution in [1.29, 1.82) is 0 Å². The Balaban J connectivity index is 1.78. The smallest absolute Gasteiger partial charge is 0.269 e. The monoisotopic (exact) mass is 443 g/mol. The van der Waals surface area contributed by atoms with Gasteiger partial charge in [0.25, 0.3) is 10.0 Å². The van der Waals surface area contributed by atoms with E-state index in [9.17, 15) is 17.9 Å². The van der Waals surface area contributed by atoms with Gasteiger partial charge in [0, 0.05) is 18.1 Å². The molecule has 1 saturated heterocycles. The van der Waals surface area contributed by atoms with Crippen LogP contribution >= 0.6 is 0 Å². The molecule has 0 amide bonds. The fraction of sp³-hybridized carbons (Fsp3) is 0.333. The van der Waals surface area contributed by atoms with E-state index in [-0.39, 0.29) is 17.1 Å². The Labute approximate surface area is 178 Å². The normalized spacial score (nSPS) is 21.0. The highest BCUT2D eigenvalue weighted by Crippen LogP contribution is 2.35. The quantitative estimate of drug-likeness (QED) is 0.503. The number of alkyl halides is 1. The average Bonchev–Trinajstić information content (AvgIpc) is 3.36. The van der Waals surface area contributed by atoms with E-state index in [0.717, 1.165) is 3.97 Å². The molecule has 31 heavy (non-hydrogen) atoms. The zero-order valence-electron chi connectivity index (χ0n) is 16.8. The van der Waals surface area contributed by atoms with Gasteiger partial charge in [-0.25, -0.2) is 26.7 Å². The van der Waals surface area contributed by atoms with Gasteiger partial charge in [0.1, 0.15) is 23.6 Å². The third kappa shape index (κ3) is 3.13. The number of aliphatic hydroxyl groups excluding tert-OH is 1. The summed E-state index contributed by atoms with van der Waals surface area (Å²) in [6, 6.07) is 9.26. The summed E-state index contributed by atoms with van der Waals surface area (Å²) < 4.78 is 44.1. The van der Waals surface area contributed by atoms with Crippen molar-refractivity contribution in [3.8, 4) is 0 Å². The van der Waals surface area contributed by atoms with E-state index in [1.807, 2.05) is 0 Å². The van der Waals surface area contributed by atoms with Gasteiger partial charge < -0.3 is 15.0 Å². The van der Waals surface area contributed by atoms with E-state index in [2.05, 4.69) is 15.3 Å². The van der Waals surface area contributed by atoms with Crippen molar-refractivity contribution < 1.29 is 17.9 Å². The van der Waals surface area contributed by atoms with Crippen LogP contribution in [0.15, 0.2) is 53.7 Å². The average molecular weight is 444 g/mol. The molecular weight excluding hydrogens is 421 g/mol. The fourth-order valence-corrected chi connectivity index (χ4v) is 5.62. The molecule has 1 aromatic carbocycles. The number of benzene rings is 1. The lowest BCUT2D eigenvalue weighted by molar-refractivity contribution is 0.153. The predicted molar refractivity (Wildman–Crippen MR) is 114 cm³/mol.